The zero-order valence-electron chi connectivity index (χ0n) is 21.0. The fourth-order valence-corrected chi connectivity index (χ4v) is 3.61. The lowest BCUT2D eigenvalue weighted by atomic mass is 9.82. The van der Waals surface area contributed by atoms with Gasteiger partial charge >= 0.3 is 35.6 Å². The van der Waals surface area contributed by atoms with E-state index in [9.17, 15) is 39.0 Å². The maximum atomic E-state index is 13.7. The number of esters is 3. The Labute approximate surface area is 208 Å². The molecule has 0 bridgehead atoms. The summed E-state index contributed by atoms with van der Waals surface area (Å²) in [5.41, 5.74) is -4.63. The smallest absolute Gasteiger partial charge is 0.422 e. The zero-order valence-corrected chi connectivity index (χ0v) is 21.0. The molecule has 0 unspecified atom stereocenters. The van der Waals surface area contributed by atoms with Gasteiger partial charge in [0.15, 0.2) is 10.8 Å². The summed E-state index contributed by atoms with van der Waals surface area (Å²) >= 11 is 0. The van der Waals surface area contributed by atoms with E-state index >= 15 is 0 Å². The van der Waals surface area contributed by atoms with E-state index in [0.29, 0.717) is 0 Å². The van der Waals surface area contributed by atoms with Crippen molar-refractivity contribution in [2.24, 2.45) is 10.8 Å². The standard InChI is InChI=1S/C25H32O11/c1-6-23(7-2,18(27)28)20(31)35-25(22(33)34-10-5,17(26)16-14-12-11-13-15-16)36-21(32)24(8-3,9-4)19(29)30/h11-15H,6-10H2,1-5H3,(H,27,28)(H,29,30). The highest BCUT2D eigenvalue weighted by Gasteiger charge is 2.61. The van der Waals surface area contributed by atoms with Gasteiger partial charge in [-0.15, -0.1) is 0 Å². The average Bonchev–Trinajstić information content (AvgIpc) is 2.85. The molecule has 0 spiro atoms. The van der Waals surface area contributed by atoms with Crippen LogP contribution in [-0.2, 0) is 38.2 Å². The zero-order chi connectivity index (χ0) is 27.7. The second-order valence-electron chi connectivity index (χ2n) is 8.00. The fourth-order valence-electron chi connectivity index (χ4n) is 3.61. The summed E-state index contributed by atoms with van der Waals surface area (Å²) in [7, 11) is 0. The Balaban J connectivity index is 3.91. The molecule has 0 saturated heterocycles. The van der Waals surface area contributed by atoms with Crippen molar-refractivity contribution in [2.75, 3.05) is 6.61 Å². The van der Waals surface area contributed by atoms with Crippen LogP contribution in [0.5, 0.6) is 0 Å². The average molecular weight is 509 g/mol. The Morgan fingerprint density at radius 1 is 0.667 bits per heavy atom. The molecule has 1 aromatic carbocycles. The number of carbonyl (C=O) groups excluding carboxylic acids is 4. The molecule has 0 aliphatic rings. The Morgan fingerprint density at radius 2 is 1.06 bits per heavy atom. The first-order valence-electron chi connectivity index (χ1n) is 11.6. The monoisotopic (exact) mass is 508 g/mol. The van der Waals surface area contributed by atoms with Gasteiger partial charge in [-0.1, -0.05) is 58.0 Å². The maximum absolute atomic E-state index is 13.7. The Bertz CT molecular complexity index is 945. The van der Waals surface area contributed by atoms with Gasteiger partial charge < -0.3 is 24.4 Å². The fraction of sp³-hybridized carbons (Fsp3) is 0.520. The molecule has 0 saturated carbocycles. The highest BCUT2D eigenvalue weighted by molar-refractivity contribution is 6.17. The lowest BCUT2D eigenvalue weighted by Crippen LogP contribution is -2.59. The van der Waals surface area contributed by atoms with Crippen molar-refractivity contribution in [2.45, 2.75) is 66.1 Å². The van der Waals surface area contributed by atoms with Gasteiger partial charge in [0.1, 0.15) is 0 Å². The van der Waals surface area contributed by atoms with Crippen LogP contribution in [-0.4, -0.2) is 58.2 Å². The van der Waals surface area contributed by atoms with E-state index in [1.807, 2.05) is 0 Å². The van der Waals surface area contributed by atoms with Crippen molar-refractivity contribution in [1.82, 2.24) is 0 Å². The van der Waals surface area contributed by atoms with Gasteiger partial charge in [-0.2, -0.15) is 0 Å². The number of ketones is 1. The third-order valence-corrected chi connectivity index (χ3v) is 6.37. The minimum absolute atomic E-state index is 0.242. The van der Waals surface area contributed by atoms with Gasteiger partial charge in [-0.25, -0.2) is 4.79 Å². The number of rotatable bonds is 14. The number of ether oxygens (including phenoxy) is 3. The molecular weight excluding hydrogens is 476 g/mol. The maximum Gasteiger partial charge on any atom is 0.422 e. The first-order chi connectivity index (χ1) is 16.9. The normalized spacial score (nSPS) is 11.8. The van der Waals surface area contributed by atoms with E-state index in [1.54, 1.807) is 6.07 Å². The molecule has 198 valence electrons. The minimum Gasteiger partial charge on any atom is -0.480 e. The van der Waals surface area contributed by atoms with Gasteiger partial charge in [-0.05, 0) is 32.6 Å². The summed E-state index contributed by atoms with van der Waals surface area (Å²) in [5.74, 6) is -12.6. The largest absolute Gasteiger partial charge is 0.480 e. The topological polar surface area (TPSA) is 171 Å². The molecule has 1 aromatic rings. The molecule has 11 heteroatoms. The number of aliphatic carboxylic acids is 2. The van der Waals surface area contributed by atoms with Gasteiger partial charge in [0.05, 0.1) is 6.61 Å². The van der Waals surface area contributed by atoms with Crippen LogP contribution < -0.4 is 0 Å². The number of carboxylic acid groups (broad SMARTS) is 2. The SMILES string of the molecule is CCOC(=O)C(OC(=O)C(CC)(CC)C(=O)O)(OC(=O)C(CC)(CC)C(=O)O)C(=O)c1ccccc1. The number of Topliss-reactive ketones (excluding diaryl/α,β-unsaturated/α-hetero) is 1. The summed E-state index contributed by atoms with van der Waals surface area (Å²) in [4.78, 5) is 77.4. The second kappa shape index (κ2) is 12.3. The molecule has 0 aromatic heterocycles. The van der Waals surface area contributed by atoms with E-state index in [4.69, 9.17) is 14.2 Å². The van der Waals surface area contributed by atoms with Crippen LogP contribution in [0.3, 0.4) is 0 Å². The number of carboxylic acids is 2. The van der Waals surface area contributed by atoms with Crippen molar-refractivity contribution < 1.29 is 53.2 Å². The molecule has 0 aliphatic heterocycles. The van der Waals surface area contributed by atoms with Crippen molar-refractivity contribution in [3.05, 3.63) is 35.9 Å². The Morgan fingerprint density at radius 3 is 1.36 bits per heavy atom. The Kier molecular flexibility index (Phi) is 10.3. The number of hydrogen-bond donors (Lipinski definition) is 2. The van der Waals surface area contributed by atoms with Crippen LogP contribution in [0.1, 0.15) is 70.7 Å². The van der Waals surface area contributed by atoms with Crippen molar-refractivity contribution in [3.63, 3.8) is 0 Å². The predicted octanol–water partition coefficient (Wildman–Crippen LogP) is 3.00. The van der Waals surface area contributed by atoms with Crippen LogP contribution in [0, 0.1) is 10.8 Å². The van der Waals surface area contributed by atoms with Crippen LogP contribution in [0.4, 0.5) is 0 Å². The quantitative estimate of drug-likeness (QED) is 0.164. The molecule has 11 nitrogen and oxygen atoms in total. The van der Waals surface area contributed by atoms with Gasteiger partial charge in [0.25, 0.3) is 5.78 Å². The molecule has 0 aliphatic carbocycles. The molecule has 2 N–H and O–H groups in total. The highest BCUT2D eigenvalue weighted by atomic mass is 16.8. The molecular formula is C25H32O11. The van der Waals surface area contributed by atoms with Crippen molar-refractivity contribution in [3.8, 4) is 0 Å². The second-order valence-corrected chi connectivity index (χ2v) is 8.00. The first kappa shape index (κ1) is 30.3. The van der Waals surface area contributed by atoms with Crippen LogP contribution in [0.25, 0.3) is 0 Å². The molecule has 36 heavy (non-hydrogen) atoms. The summed E-state index contributed by atoms with van der Waals surface area (Å²) in [6.45, 7) is 6.59. The van der Waals surface area contributed by atoms with Gasteiger partial charge in [-0.3, -0.25) is 24.0 Å². The molecule has 1 rings (SSSR count). The van der Waals surface area contributed by atoms with Crippen LogP contribution >= 0.6 is 0 Å². The summed E-state index contributed by atoms with van der Waals surface area (Å²) in [5, 5.41) is 19.5. The third-order valence-electron chi connectivity index (χ3n) is 6.37. The molecule has 0 fully saturated rings. The van der Waals surface area contributed by atoms with Crippen LogP contribution in [0.15, 0.2) is 30.3 Å². The summed E-state index contributed by atoms with van der Waals surface area (Å²) < 4.78 is 15.4. The van der Waals surface area contributed by atoms with Gasteiger partial charge in [0.2, 0.25) is 0 Å². The van der Waals surface area contributed by atoms with Crippen LogP contribution in [0.2, 0.25) is 0 Å². The number of carbonyl (C=O) groups is 6. The van der Waals surface area contributed by atoms with E-state index < -0.39 is 52.2 Å². The van der Waals surface area contributed by atoms with Gasteiger partial charge in [0, 0.05) is 5.56 Å². The van der Waals surface area contributed by atoms with E-state index in [0.717, 1.165) is 0 Å². The number of hydrogen-bond acceptors (Lipinski definition) is 9. The summed E-state index contributed by atoms with van der Waals surface area (Å²) in [6.07, 6.45) is -1.14. The molecule has 0 amide bonds. The molecule has 0 radical (unpaired) electrons. The lowest BCUT2D eigenvalue weighted by molar-refractivity contribution is -0.234. The molecule has 0 heterocycles. The third kappa shape index (κ3) is 5.39. The number of benzene rings is 1. The van der Waals surface area contributed by atoms with Crippen molar-refractivity contribution in [1.29, 1.82) is 0 Å². The first-order valence-corrected chi connectivity index (χ1v) is 11.6. The van der Waals surface area contributed by atoms with E-state index in [-0.39, 0.29) is 37.9 Å². The highest BCUT2D eigenvalue weighted by Crippen LogP contribution is 2.36. The molecule has 0 atom stereocenters. The summed E-state index contributed by atoms with van der Waals surface area (Å²) in [6, 6.07) is 6.88. The van der Waals surface area contributed by atoms with E-state index in [2.05, 4.69) is 0 Å². The minimum atomic E-state index is -3.43. The lowest BCUT2D eigenvalue weighted by Gasteiger charge is -2.35. The Hall–Kier alpha value is -3.76. The van der Waals surface area contributed by atoms with Crippen molar-refractivity contribution >= 4 is 35.6 Å². The van der Waals surface area contributed by atoms with E-state index in [1.165, 1.54) is 58.9 Å². The predicted molar refractivity (Wildman–Crippen MR) is 124 cm³/mol.